The molecule has 1 aromatic carbocycles. The smallest absolute Gasteiger partial charge is 0.183 e. The van der Waals surface area contributed by atoms with Gasteiger partial charge in [-0.1, -0.05) is 37.1 Å². The van der Waals surface area contributed by atoms with Gasteiger partial charge in [0.2, 0.25) is 0 Å². The molecule has 0 aromatic heterocycles. The zero-order valence-corrected chi connectivity index (χ0v) is 12.4. The van der Waals surface area contributed by atoms with Crippen molar-refractivity contribution < 1.29 is 8.42 Å². The van der Waals surface area contributed by atoms with Crippen LogP contribution >= 0.6 is 11.6 Å². The van der Waals surface area contributed by atoms with Gasteiger partial charge in [0.05, 0.1) is 15.2 Å². The molecule has 5 heteroatoms. The lowest BCUT2D eigenvalue weighted by Crippen LogP contribution is -2.31. The fourth-order valence-corrected chi connectivity index (χ4v) is 3.45. The van der Waals surface area contributed by atoms with Crippen molar-refractivity contribution in [3.8, 4) is 0 Å². The van der Waals surface area contributed by atoms with Gasteiger partial charge in [-0.3, -0.25) is 0 Å². The SMILES string of the molecule is CCCCNCC(C)S(=O)(=O)c1ccccc1Cl. The molecule has 102 valence electrons. The Hall–Kier alpha value is -0.580. The molecular weight excluding hydrogens is 270 g/mol. The molecule has 0 spiro atoms. The van der Waals surface area contributed by atoms with E-state index in [1.165, 1.54) is 0 Å². The number of nitrogens with one attached hydrogen (secondary N) is 1. The first-order valence-electron chi connectivity index (χ1n) is 6.19. The maximum atomic E-state index is 12.3. The predicted molar refractivity (Wildman–Crippen MR) is 75.9 cm³/mol. The number of hydrogen-bond acceptors (Lipinski definition) is 3. The number of unbranched alkanes of at least 4 members (excludes halogenated alkanes) is 1. The van der Waals surface area contributed by atoms with Crippen LogP contribution in [0, 0.1) is 0 Å². The van der Waals surface area contributed by atoms with Gasteiger partial charge in [-0.15, -0.1) is 0 Å². The highest BCUT2D eigenvalue weighted by atomic mass is 35.5. The first-order valence-corrected chi connectivity index (χ1v) is 8.11. The average molecular weight is 290 g/mol. The number of hydrogen-bond donors (Lipinski definition) is 1. The summed E-state index contributed by atoms with van der Waals surface area (Å²) < 4.78 is 24.6. The van der Waals surface area contributed by atoms with Crippen molar-refractivity contribution in [2.45, 2.75) is 36.8 Å². The van der Waals surface area contributed by atoms with E-state index < -0.39 is 15.1 Å². The molecule has 0 bridgehead atoms. The van der Waals surface area contributed by atoms with Gasteiger partial charge in [0.25, 0.3) is 0 Å². The van der Waals surface area contributed by atoms with Crippen LogP contribution in [0.2, 0.25) is 5.02 Å². The Kier molecular flexibility index (Phi) is 6.12. The fraction of sp³-hybridized carbons (Fsp3) is 0.538. The number of rotatable bonds is 7. The molecular formula is C13H20ClNO2S. The lowest BCUT2D eigenvalue weighted by molar-refractivity contribution is 0.567. The lowest BCUT2D eigenvalue weighted by atomic mass is 10.3. The second-order valence-corrected chi connectivity index (χ2v) is 7.09. The van der Waals surface area contributed by atoms with Gasteiger partial charge in [-0.05, 0) is 32.0 Å². The molecule has 1 unspecified atom stereocenters. The van der Waals surface area contributed by atoms with Gasteiger partial charge in [0, 0.05) is 6.54 Å². The topological polar surface area (TPSA) is 46.2 Å². The van der Waals surface area contributed by atoms with E-state index in [1.54, 1.807) is 31.2 Å². The van der Waals surface area contributed by atoms with E-state index in [0.717, 1.165) is 19.4 Å². The first-order chi connectivity index (χ1) is 8.50. The molecule has 18 heavy (non-hydrogen) atoms. The summed E-state index contributed by atoms with van der Waals surface area (Å²) >= 11 is 5.94. The van der Waals surface area contributed by atoms with Gasteiger partial charge in [-0.25, -0.2) is 8.42 Å². The minimum atomic E-state index is -3.35. The van der Waals surface area contributed by atoms with E-state index in [9.17, 15) is 8.42 Å². The van der Waals surface area contributed by atoms with Crippen LogP contribution in [-0.4, -0.2) is 26.8 Å². The Bertz CT molecular complexity index is 474. The van der Waals surface area contributed by atoms with Crippen molar-refractivity contribution in [2.75, 3.05) is 13.1 Å². The predicted octanol–water partition coefficient (Wildman–Crippen LogP) is 2.89. The third kappa shape index (κ3) is 3.97. The van der Waals surface area contributed by atoms with E-state index >= 15 is 0 Å². The molecule has 0 fully saturated rings. The van der Waals surface area contributed by atoms with Crippen molar-refractivity contribution >= 4 is 21.4 Å². The van der Waals surface area contributed by atoms with Crippen LogP contribution in [-0.2, 0) is 9.84 Å². The van der Waals surface area contributed by atoms with E-state index in [1.807, 2.05) is 0 Å². The minimum Gasteiger partial charge on any atom is -0.315 e. The number of benzene rings is 1. The molecule has 0 amide bonds. The Morgan fingerprint density at radius 3 is 2.61 bits per heavy atom. The second kappa shape index (κ2) is 7.12. The standard InChI is InChI=1S/C13H20ClNO2S/c1-3-4-9-15-10-11(2)18(16,17)13-8-6-5-7-12(13)14/h5-8,11,15H,3-4,9-10H2,1-2H3. The maximum absolute atomic E-state index is 12.3. The summed E-state index contributed by atoms with van der Waals surface area (Å²) in [6.07, 6.45) is 2.15. The molecule has 0 radical (unpaired) electrons. The second-order valence-electron chi connectivity index (χ2n) is 4.34. The molecule has 1 atom stereocenters. The summed E-state index contributed by atoms with van der Waals surface area (Å²) in [7, 11) is -3.35. The molecule has 0 heterocycles. The van der Waals surface area contributed by atoms with E-state index in [0.29, 0.717) is 6.54 Å². The molecule has 0 aliphatic rings. The van der Waals surface area contributed by atoms with Crippen LogP contribution in [0.15, 0.2) is 29.2 Å². The lowest BCUT2D eigenvalue weighted by Gasteiger charge is -2.14. The summed E-state index contributed by atoms with van der Waals surface area (Å²) in [6.45, 7) is 5.11. The highest BCUT2D eigenvalue weighted by Crippen LogP contribution is 2.24. The molecule has 0 aliphatic carbocycles. The van der Waals surface area contributed by atoms with Crippen LogP contribution in [0.5, 0.6) is 0 Å². The van der Waals surface area contributed by atoms with Crippen molar-refractivity contribution in [3.05, 3.63) is 29.3 Å². The van der Waals surface area contributed by atoms with Crippen LogP contribution in [0.25, 0.3) is 0 Å². The van der Waals surface area contributed by atoms with Crippen LogP contribution < -0.4 is 5.32 Å². The Labute approximate surface area is 114 Å². The monoisotopic (exact) mass is 289 g/mol. The molecule has 1 rings (SSSR count). The molecule has 0 saturated heterocycles. The average Bonchev–Trinajstić information content (AvgIpc) is 2.34. The molecule has 0 saturated carbocycles. The zero-order valence-electron chi connectivity index (χ0n) is 10.8. The maximum Gasteiger partial charge on any atom is 0.183 e. The third-order valence-corrected chi connectivity index (χ3v) is 5.45. The third-order valence-electron chi connectivity index (χ3n) is 2.81. The van der Waals surface area contributed by atoms with Crippen LogP contribution in [0.1, 0.15) is 26.7 Å². The Morgan fingerprint density at radius 2 is 2.00 bits per heavy atom. The molecule has 1 N–H and O–H groups in total. The minimum absolute atomic E-state index is 0.219. The Morgan fingerprint density at radius 1 is 1.33 bits per heavy atom. The fourth-order valence-electron chi connectivity index (χ4n) is 1.61. The van der Waals surface area contributed by atoms with E-state index in [2.05, 4.69) is 12.2 Å². The summed E-state index contributed by atoms with van der Waals surface area (Å²) in [5, 5.41) is 2.97. The van der Waals surface area contributed by atoms with Gasteiger partial charge in [-0.2, -0.15) is 0 Å². The summed E-state index contributed by atoms with van der Waals surface area (Å²) in [5.41, 5.74) is 0. The van der Waals surface area contributed by atoms with Crippen LogP contribution in [0.3, 0.4) is 0 Å². The van der Waals surface area contributed by atoms with Crippen LogP contribution in [0.4, 0.5) is 0 Å². The summed E-state index contributed by atoms with van der Waals surface area (Å²) in [6, 6.07) is 6.58. The van der Waals surface area contributed by atoms with E-state index in [-0.39, 0.29) is 9.92 Å². The highest BCUT2D eigenvalue weighted by Gasteiger charge is 2.24. The van der Waals surface area contributed by atoms with Crippen molar-refractivity contribution in [3.63, 3.8) is 0 Å². The largest absolute Gasteiger partial charge is 0.315 e. The number of halogens is 1. The molecule has 3 nitrogen and oxygen atoms in total. The zero-order chi connectivity index (χ0) is 13.6. The molecule has 1 aromatic rings. The van der Waals surface area contributed by atoms with Gasteiger partial charge < -0.3 is 5.32 Å². The Balaban J connectivity index is 2.72. The normalized spacial score (nSPS) is 13.5. The molecule has 0 aliphatic heterocycles. The first kappa shape index (κ1) is 15.5. The van der Waals surface area contributed by atoms with Gasteiger partial charge in [0.15, 0.2) is 9.84 Å². The quantitative estimate of drug-likeness (QED) is 0.785. The van der Waals surface area contributed by atoms with Gasteiger partial charge in [0.1, 0.15) is 0 Å². The van der Waals surface area contributed by atoms with Crippen molar-refractivity contribution in [1.29, 1.82) is 0 Å². The van der Waals surface area contributed by atoms with Crippen molar-refractivity contribution in [2.24, 2.45) is 0 Å². The van der Waals surface area contributed by atoms with E-state index in [4.69, 9.17) is 11.6 Å². The highest BCUT2D eigenvalue weighted by molar-refractivity contribution is 7.92. The van der Waals surface area contributed by atoms with Crippen molar-refractivity contribution in [1.82, 2.24) is 5.32 Å². The van der Waals surface area contributed by atoms with Gasteiger partial charge >= 0.3 is 0 Å². The summed E-state index contributed by atoms with van der Waals surface area (Å²) in [5.74, 6) is 0. The number of sulfone groups is 1. The summed E-state index contributed by atoms with van der Waals surface area (Å²) in [4.78, 5) is 0.219.